The Morgan fingerprint density at radius 2 is 1.81 bits per heavy atom. The Morgan fingerprint density at radius 1 is 1.12 bits per heavy atom. The van der Waals surface area contributed by atoms with Crippen LogP contribution in [-0.2, 0) is 0 Å². The van der Waals surface area contributed by atoms with E-state index in [0.29, 0.717) is 6.54 Å². The van der Waals surface area contributed by atoms with E-state index in [-0.39, 0.29) is 6.10 Å². The molecule has 1 atom stereocenters. The molecule has 1 unspecified atom stereocenters. The number of nitrogens with one attached hydrogen (secondary N) is 1. The van der Waals surface area contributed by atoms with Crippen LogP contribution >= 0.6 is 0 Å². The quantitative estimate of drug-likeness (QED) is 0.564. The molecule has 0 heterocycles. The minimum Gasteiger partial charge on any atom is -0.390 e. The third-order valence-corrected chi connectivity index (χ3v) is 2.50. The van der Waals surface area contributed by atoms with Gasteiger partial charge in [0.1, 0.15) is 0 Å². The summed E-state index contributed by atoms with van der Waals surface area (Å²) in [5.74, 6) is 0. The summed E-state index contributed by atoms with van der Waals surface area (Å²) in [6, 6.07) is 0. The van der Waals surface area contributed by atoms with Crippen molar-refractivity contribution >= 4 is 0 Å². The van der Waals surface area contributed by atoms with Crippen LogP contribution in [0.2, 0.25) is 0 Å². The highest BCUT2D eigenvalue weighted by atomic mass is 16.3. The molecule has 98 valence electrons. The smallest absolute Gasteiger partial charge is 0.0791 e. The largest absolute Gasteiger partial charge is 0.390 e. The molecule has 0 aromatic heterocycles. The summed E-state index contributed by atoms with van der Waals surface area (Å²) in [6.07, 6.45) is 0.884. The fraction of sp³-hybridized carbons (Fsp3) is 1.00. The molecular formula is C12H29N3O. The molecule has 16 heavy (non-hydrogen) atoms. The summed E-state index contributed by atoms with van der Waals surface area (Å²) in [5.41, 5.74) is 0. The van der Waals surface area contributed by atoms with E-state index in [1.807, 2.05) is 0 Å². The number of likely N-dealkylation sites (N-methyl/N-ethyl adjacent to an activating group) is 2. The second-order valence-corrected chi connectivity index (χ2v) is 4.57. The monoisotopic (exact) mass is 231 g/mol. The topological polar surface area (TPSA) is 38.7 Å². The van der Waals surface area contributed by atoms with Gasteiger partial charge >= 0.3 is 0 Å². The van der Waals surface area contributed by atoms with Crippen molar-refractivity contribution in [3.05, 3.63) is 0 Å². The van der Waals surface area contributed by atoms with Crippen molar-refractivity contribution in [2.24, 2.45) is 0 Å². The fourth-order valence-electron chi connectivity index (χ4n) is 1.63. The number of hydrogen-bond donors (Lipinski definition) is 2. The zero-order chi connectivity index (χ0) is 12.4. The molecule has 2 N–H and O–H groups in total. The average Bonchev–Trinajstić information content (AvgIpc) is 2.23. The second kappa shape index (κ2) is 10.0. The van der Waals surface area contributed by atoms with Gasteiger partial charge in [0, 0.05) is 26.2 Å². The molecule has 0 saturated carbocycles. The van der Waals surface area contributed by atoms with E-state index in [0.717, 1.165) is 39.1 Å². The SMILES string of the molecule is CCCN(CCN(C)C)CC(O)CNCC. The number of aliphatic hydroxyl groups is 1. The minimum atomic E-state index is -0.256. The maximum atomic E-state index is 9.82. The van der Waals surface area contributed by atoms with Gasteiger partial charge in [-0.2, -0.15) is 0 Å². The van der Waals surface area contributed by atoms with E-state index in [2.05, 4.69) is 43.1 Å². The lowest BCUT2D eigenvalue weighted by atomic mass is 10.3. The van der Waals surface area contributed by atoms with Crippen LogP contribution in [0.3, 0.4) is 0 Å². The van der Waals surface area contributed by atoms with Gasteiger partial charge in [-0.25, -0.2) is 0 Å². The molecule has 0 aromatic carbocycles. The summed E-state index contributed by atoms with van der Waals surface area (Å²) in [4.78, 5) is 4.52. The Balaban J connectivity index is 3.81. The van der Waals surface area contributed by atoms with Gasteiger partial charge in [0.15, 0.2) is 0 Å². The Kier molecular flexibility index (Phi) is 9.92. The van der Waals surface area contributed by atoms with Crippen molar-refractivity contribution < 1.29 is 5.11 Å². The van der Waals surface area contributed by atoms with Gasteiger partial charge in [0.25, 0.3) is 0 Å². The Labute approximate surface area is 101 Å². The summed E-state index contributed by atoms with van der Waals surface area (Å²) in [7, 11) is 4.17. The number of aliphatic hydroxyl groups excluding tert-OH is 1. The molecule has 4 heteroatoms. The summed E-state index contributed by atoms with van der Waals surface area (Å²) < 4.78 is 0. The van der Waals surface area contributed by atoms with Crippen LogP contribution in [0.5, 0.6) is 0 Å². The second-order valence-electron chi connectivity index (χ2n) is 4.57. The first kappa shape index (κ1) is 15.8. The molecule has 0 aromatic rings. The maximum Gasteiger partial charge on any atom is 0.0791 e. The van der Waals surface area contributed by atoms with Crippen molar-refractivity contribution in [3.8, 4) is 0 Å². The van der Waals surface area contributed by atoms with Crippen molar-refractivity contribution in [1.82, 2.24) is 15.1 Å². The van der Waals surface area contributed by atoms with Crippen molar-refractivity contribution in [1.29, 1.82) is 0 Å². The van der Waals surface area contributed by atoms with Crippen LogP contribution in [0, 0.1) is 0 Å². The summed E-state index contributed by atoms with van der Waals surface area (Å²) >= 11 is 0. The zero-order valence-corrected chi connectivity index (χ0v) is 11.4. The molecule has 0 radical (unpaired) electrons. The van der Waals surface area contributed by atoms with Gasteiger partial charge in [-0.15, -0.1) is 0 Å². The molecular weight excluding hydrogens is 202 g/mol. The van der Waals surface area contributed by atoms with Crippen LogP contribution in [0.15, 0.2) is 0 Å². The van der Waals surface area contributed by atoms with E-state index in [1.165, 1.54) is 0 Å². The molecule has 0 amide bonds. The van der Waals surface area contributed by atoms with E-state index >= 15 is 0 Å². The Morgan fingerprint density at radius 3 is 2.31 bits per heavy atom. The lowest BCUT2D eigenvalue weighted by Gasteiger charge is -2.26. The highest BCUT2D eigenvalue weighted by Gasteiger charge is 2.10. The fourth-order valence-corrected chi connectivity index (χ4v) is 1.63. The van der Waals surface area contributed by atoms with Crippen LogP contribution in [0.25, 0.3) is 0 Å². The lowest BCUT2D eigenvalue weighted by Crippen LogP contribution is -2.41. The first-order valence-corrected chi connectivity index (χ1v) is 6.36. The standard InChI is InChI=1S/C12H29N3O/c1-5-7-15(9-8-14(3)4)11-12(16)10-13-6-2/h12-13,16H,5-11H2,1-4H3. The molecule has 0 rings (SSSR count). The zero-order valence-electron chi connectivity index (χ0n) is 11.4. The van der Waals surface area contributed by atoms with Gasteiger partial charge in [-0.05, 0) is 33.6 Å². The Hall–Kier alpha value is -0.160. The third kappa shape index (κ3) is 9.09. The average molecular weight is 231 g/mol. The number of nitrogens with zero attached hydrogens (tertiary/aromatic N) is 2. The van der Waals surface area contributed by atoms with Gasteiger partial charge in [-0.3, -0.25) is 4.90 Å². The van der Waals surface area contributed by atoms with Crippen molar-refractivity contribution in [2.75, 3.05) is 53.4 Å². The molecule has 0 fully saturated rings. The molecule has 0 aliphatic carbocycles. The predicted molar refractivity (Wildman–Crippen MR) is 69.8 cm³/mol. The van der Waals surface area contributed by atoms with Crippen molar-refractivity contribution in [3.63, 3.8) is 0 Å². The third-order valence-electron chi connectivity index (χ3n) is 2.50. The normalized spacial score (nSPS) is 13.7. The first-order valence-electron chi connectivity index (χ1n) is 6.36. The van der Waals surface area contributed by atoms with E-state index < -0.39 is 0 Å². The van der Waals surface area contributed by atoms with Crippen LogP contribution < -0.4 is 5.32 Å². The number of rotatable bonds is 10. The van der Waals surface area contributed by atoms with Crippen LogP contribution in [-0.4, -0.2) is 74.4 Å². The van der Waals surface area contributed by atoms with E-state index in [1.54, 1.807) is 0 Å². The Bertz CT molecular complexity index is 153. The number of hydrogen-bond acceptors (Lipinski definition) is 4. The molecule has 0 bridgehead atoms. The summed E-state index contributed by atoms with van der Waals surface area (Å²) in [6.45, 7) is 9.77. The molecule has 0 spiro atoms. The van der Waals surface area contributed by atoms with Gasteiger partial charge < -0.3 is 15.3 Å². The van der Waals surface area contributed by atoms with Gasteiger partial charge in [-0.1, -0.05) is 13.8 Å². The molecule has 0 aliphatic heterocycles. The highest BCUT2D eigenvalue weighted by Crippen LogP contribution is 1.95. The van der Waals surface area contributed by atoms with Gasteiger partial charge in [0.05, 0.1) is 6.10 Å². The van der Waals surface area contributed by atoms with E-state index in [4.69, 9.17) is 0 Å². The van der Waals surface area contributed by atoms with Crippen LogP contribution in [0.1, 0.15) is 20.3 Å². The predicted octanol–water partition coefficient (Wildman–Crippen LogP) is 0.230. The first-order chi connectivity index (χ1) is 7.60. The molecule has 4 nitrogen and oxygen atoms in total. The highest BCUT2D eigenvalue weighted by molar-refractivity contribution is 4.67. The molecule has 0 aliphatic rings. The van der Waals surface area contributed by atoms with Crippen LogP contribution in [0.4, 0.5) is 0 Å². The lowest BCUT2D eigenvalue weighted by molar-refractivity contribution is 0.107. The molecule has 0 saturated heterocycles. The minimum absolute atomic E-state index is 0.256. The van der Waals surface area contributed by atoms with Crippen molar-refractivity contribution in [2.45, 2.75) is 26.4 Å². The maximum absolute atomic E-state index is 9.82. The van der Waals surface area contributed by atoms with Gasteiger partial charge in [0.2, 0.25) is 0 Å². The van der Waals surface area contributed by atoms with E-state index in [9.17, 15) is 5.11 Å². The summed E-state index contributed by atoms with van der Waals surface area (Å²) in [5, 5.41) is 13.0.